The molecule has 1 aromatic heterocycles. The number of aromatic nitrogens is 2. The number of rotatable bonds is 6. The Morgan fingerprint density at radius 1 is 1.53 bits per heavy atom. The molecule has 0 saturated carbocycles. The van der Waals surface area contributed by atoms with Gasteiger partial charge in [-0.25, -0.2) is 0 Å². The van der Waals surface area contributed by atoms with E-state index in [1.807, 2.05) is 0 Å². The molecule has 0 bridgehead atoms. The highest BCUT2D eigenvalue weighted by molar-refractivity contribution is 4.99. The summed E-state index contributed by atoms with van der Waals surface area (Å²) in [6.07, 6.45) is 4.21. The molecular formula is C12H21N3O2. The fraction of sp³-hybridized carbons (Fsp3) is 0.750. The van der Waals surface area contributed by atoms with Crippen molar-refractivity contribution < 1.29 is 9.47 Å². The van der Waals surface area contributed by atoms with Gasteiger partial charge in [0, 0.05) is 39.6 Å². The Kier molecular flexibility index (Phi) is 4.97. The third-order valence-corrected chi connectivity index (χ3v) is 3.02. The average Bonchev–Trinajstić information content (AvgIpc) is 2.85. The van der Waals surface area contributed by atoms with Crippen LogP contribution in [0.5, 0.6) is 0 Å². The minimum absolute atomic E-state index is 0.511. The SMILES string of the molecule is COCCNCc1ccn(C2CCOCC2)n1. The quantitative estimate of drug-likeness (QED) is 0.752. The fourth-order valence-electron chi connectivity index (χ4n) is 2.02. The minimum Gasteiger partial charge on any atom is -0.383 e. The van der Waals surface area contributed by atoms with Crippen molar-refractivity contribution in [2.75, 3.05) is 33.5 Å². The van der Waals surface area contributed by atoms with Crippen LogP contribution in [-0.2, 0) is 16.0 Å². The van der Waals surface area contributed by atoms with Crippen LogP contribution in [0.25, 0.3) is 0 Å². The Balaban J connectivity index is 1.78. The summed E-state index contributed by atoms with van der Waals surface area (Å²) in [6.45, 7) is 4.11. The topological polar surface area (TPSA) is 48.3 Å². The van der Waals surface area contributed by atoms with Crippen molar-refractivity contribution in [1.29, 1.82) is 0 Å². The maximum Gasteiger partial charge on any atom is 0.0762 e. The first-order chi connectivity index (χ1) is 8.40. The van der Waals surface area contributed by atoms with Crippen molar-refractivity contribution in [2.24, 2.45) is 0 Å². The number of nitrogens with zero attached hydrogens (tertiary/aromatic N) is 2. The first-order valence-corrected chi connectivity index (χ1v) is 6.21. The van der Waals surface area contributed by atoms with Gasteiger partial charge in [-0.1, -0.05) is 0 Å². The summed E-state index contributed by atoms with van der Waals surface area (Å²) in [6, 6.07) is 2.59. The van der Waals surface area contributed by atoms with Crippen molar-refractivity contribution in [2.45, 2.75) is 25.4 Å². The standard InChI is InChI=1S/C12H21N3O2/c1-16-9-5-13-10-11-2-6-15(14-11)12-3-7-17-8-4-12/h2,6,12-13H,3-5,7-10H2,1H3. The molecule has 0 unspecified atom stereocenters. The van der Waals surface area contributed by atoms with Crippen LogP contribution < -0.4 is 5.32 Å². The summed E-state index contributed by atoms with van der Waals surface area (Å²) in [7, 11) is 1.71. The first kappa shape index (κ1) is 12.5. The smallest absolute Gasteiger partial charge is 0.0762 e. The second kappa shape index (κ2) is 6.74. The molecular weight excluding hydrogens is 218 g/mol. The molecule has 0 amide bonds. The zero-order chi connectivity index (χ0) is 11.9. The van der Waals surface area contributed by atoms with Gasteiger partial charge in [-0.05, 0) is 18.9 Å². The molecule has 0 atom stereocenters. The van der Waals surface area contributed by atoms with Crippen LogP contribution in [0.3, 0.4) is 0 Å². The molecule has 0 aromatic carbocycles. The second-order valence-electron chi connectivity index (χ2n) is 4.30. The van der Waals surface area contributed by atoms with Crippen LogP contribution in [0.2, 0.25) is 0 Å². The molecule has 1 N–H and O–H groups in total. The molecule has 0 spiro atoms. The van der Waals surface area contributed by atoms with E-state index in [2.05, 4.69) is 27.4 Å². The van der Waals surface area contributed by atoms with E-state index in [4.69, 9.17) is 9.47 Å². The summed E-state index contributed by atoms with van der Waals surface area (Å²) < 4.78 is 12.4. The maximum atomic E-state index is 5.35. The molecule has 2 rings (SSSR count). The van der Waals surface area contributed by atoms with Crippen LogP contribution in [0.4, 0.5) is 0 Å². The largest absolute Gasteiger partial charge is 0.383 e. The Morgan fingerprint density at radius 3 is 3.12 bits per heavy atom. The van der Waals surface area contributed by atoms with E-state index in [1.54, 1.807) is 7.11 Å². The molecule has 96 valence electrons. The van der Waals surface area contributed by atoms with Crippen molar-refractivity contribution in [3.63, 3.8) is 0 Å². The fourth-order valence-corrected chi connectivity index (χ4v) is 2.02. The number of ether oxygens (including phenoxy) is 2. The van der Waals surface area contributed by atoms with E-state index in [-0.39, 0.29) is 0 Å². The zero-order valence-electron chi connectivity index (χ0n) is 10.4. The number of hydrogen-bond acceptors (Lipinski definition) is 4. The molecule has 1 aromatic rings. The molecule has 1 fully saturated rings. The lowest BCUT2D eigenvalue weighted by molar-refractivity contribution is 0.0661. The van der Waals surface area contributed by atoms with Gasteiger partial charge < -0.3 is 14.8 Å². The summed E-state index contributed by atoms with van der Waals surface area (Å²) in [5.74, 6) is 0. The average molecular weight is 239 g/mol. The minimum atomic E-state index is 0.511. The Labute approximate surface area is 102 Å². The lowest BCUT2D eigenvalue weighted by Crippen LogP contribution is -2.21. The third kappa shape index (κ3) is 3.80. The van der Waals surface area contributed by atoms with E-state index >= 15 is 0 Å². The summed E-state index contributed by atoms with van der Waals surface area (Å²) in [4.78, 5) is 0. The third-order valence-electron chi connectivity index (χ3n) is 3.02. The van der Waals surface area contributed by atoms with Gasteiger partial charge in [0.2, 0.25) is 0 Å². The van der Waals surface area contributed by atoms with Gasteiger partial charge in [0.05, 0.1) is 18.3 Å². The van der Waals surface area contributed by atoms with Gasteiger partial charge in [0.15, 0.2) is 0 Å². The van der Waals surface area contributed by atoms with Crippen LogP contribution in [0.1, 0.15) is 24.6 Å². The normalized spacial score (nSPS) is 17.5. The van der Waals surface area contributed by atoms with Crippen LogP contribution in [0, 0.1) is 0 Å². The van der Waals surface area contributed by atoms with Gasteiger partial charge in [-0.15, -0.1) is 0 Å². The molecule has 17 heavy (non-hydrogen) atoms. The second-order valence-corrected chi connectivity index (χ2v) is 4.30. The van der Waals surface area contributed by atoms with Gasteiger partial charge in [-0.2, -0.15) is 5.10 Å². The van der Waals surface area contributed by atoms with Crippen LogP contribution >= 0.6 is 0 Å². The van der Waals surface area contributed by atoms with E-state index in [0.29, 0.717) is 6.04 Å². The van der Waals surface area contributed by atoms with Gasteiger partial charge >= 0.3 is 0 Å². The lowest BCUT2D eigenvalue weighted by atomic mass is 10.1. The monoisotopic (exact) mass is 239 g/mol. The molecule has 1 saturated heterocycles. The van der Waals surface area contributed by atoms with Crippen LogP contribution in [0.15, 0.2) is 12.3 Å². The molecule has 1 aliphatic heterocycles. The molecule has 2 heterocycles. The van der Waals surface area contributed by atoms with E-state index < -0.39 is 0 Å². The Bertz CT molecular complexity index is 321. The van der Waals surface area contributed by atoms with E-state index in [1.165, 1.54) is 0 Å². The molecule has 5 heteroatoms. The van der Waals surface area contributed by atoms with Gasteiger partial charge in [0.25, 0.3) is 0 Å². The number of hydrogen-bond donors (Lipinski definition) is 1. The summed E-state index contributed by atoms with van der Waals surface area (Å²) in [5.41, 5.74) is 1.09. The summed E-state index contributed by atoms with van der Waals surface area (Å²) in [5, 5.41) is 7.88. The van der Waals surface area contributed by atoms with E-state index in [9.17, 15) is 0 Å². The van der Waals surface area contributed by atoms with Crippen molar-refractivity contribution in [3.05, 3.63) is 18.0 Å². The highest BCUT2D eigenvalue weighted by atomic mass is 16.5. The van der Waals surface area contributed by atoms with Crippen molar-refractivity contribution in [3.8, 4) is 0 Å². The highest BCUT2D eigenvalue weighted by Gasteiger charge is 2.16. The van der Waals surface area contributed by atoms with Crippen molar-refractivity contribution in [1.82, 2.24) is 15.1 Å². The predicted molar refractivity (Wildman–Crippen MR) is 64.9 cm³/mol. The molecule has 0 radical (unpaired) electrons. The maximum absolute atomic E-state index is 5.35. The molecule has 5 nitrogen and oxygen atoms in total. The number of nitrogens with one attached hydrogen (secondary N) is 1. The number of methoxy groups -OCH3 is 1. The molecule has 1 aliphatic rings. The van der Waals surface area contributed by atoms with Gasteiger partial charge in [0.1, 0.15) is 0 Å². The van der Waals surface area contributed by atoms with Crippen molar-refractivity contribution >= 4 is 0 Å². The lowest BCUT2D eigenvalue weighted by Gasteiger charge is -2.22. The first-order valence-electron chi connectivity index (χ1n) is 6.21. The predicted octanol–water partition coefficient (Wildman–Crippen LogP) is 0.971. The Morgan fingerprint density at radius 2 is 2.35 bits per heavy atom. The molecule has 0 aliphatic carbocycles. The highest BCUT2D eigenvalue weighted by Crippen LogP contribution is 2.19. The zero-order valence-corrected chi connectivity index (χ0v) is 10.4. The van der Waals surface area contributed by atoms with Crippen LogP contribution in [-0.4, -0.2) is 43.3 Å². The van der Waals surface area contributed by atoms with E-state index in [0.717, 1.165) is 51.4 Å². The Hall–Kier alpha value is -0.910. The van der Waals surface area contributed by atoms with Gasteiger partial charge in [-0.3, -0.25) is 4.68 Å². The summed E-state index contributed by atoms with van der Waals surface area (Å²) >= 11 is 0.